The highest BCUT2D eigenvalue weighted by Crippen LogP contribution is 2.20. The second-order valence-electron chi connectivity index (χ2n) is 3.40. The molecule has 0 spiro atoms. The first-order chi connectivity index (χ1) is 9.10. The van der Waals surface area contributed by atoms with E-state index in [0.717, 1.165) is 4.47 Å². The largest absolute Gasteiger partial charge is 0.479 e. The molecule has 6 nitrogen and oxygen atoms in total. The molecule has 8 heteroatoms. The molecular weight excluding hydrogens is 384 g/mol. The fourth-order valence-corrected chi connectivity index (χ4v) is 2.38. The van der Waals surface area contributed by atoms with Gasteiger partial charge < -0.3 is 14.0 Å². The molecule has 19 heavy (non-hydrogen) atoms. The number of carbonyl (C=O) groups excluding carboxylic acids is 1. The molecule has 0 fully saturated rings. The van der Waals surface area contributed by atoms with Crippen LogP contribution in [0.3, 0.4) is 0 Å². The lowest BCUT2D eigenvalue weighted by Crippen LogP contribution is -2.08. The van der Waals surface area contributed by atoms with Gasteiger partial charge in [0.1, 0.15) is 0 Å². The fraction of sp³-hybridized carbons (Fsp3) is 0.182. The number of carbonyl (C=O) groups is 1. The van der Waals surface area contributed by atoms with E-state index in [0.29, 0.717) is 16.1 Å². The van der Waals surface area contributed by atoms with Crippen LogP contribution in [0.2, 0.25) is 0 Å². The van der Waals surface area contributed by atoms with Gasteiger partial charge in [-0.25, -0.2) is 9.78 Å². The normalized spacial score (nSPS) is 10.3. The van der Waals surface area contributed by atoms with Crippen LogP contribution in [0.5, 0.6) is 5.88 Å². The summed E-state index contributed by atoms with van der Waals surface area (Å²) >= 11 is 6.49. The van der Waals surface area contributed by atoms with Gasteiger partial charge in [-0.1, -0.05) is 0 Å². The fourth-order valence-electron chi connectivity index (χ4n) is 1.23. The number of pyridine rings is 1. The zero-order valence-corrected chi connectivity index (χ0v) is 12.9. The van der Waals surface area contributed by atoms with Crippen molar-refractivity contribution in [2.75, 3.05) is 7.11 Å². The van der Waals surface area contributed by atoms with Crippen molar-refractivity contribution in [1.82, 2.24) is 10.1 Å². The van der Waals surface area contributed by atoms with Crippen LogP contribution in [0.15, 0.2) is 31.8 Å². The van der Waals surface area contributed by atoms with Gasteiger partial charge in [-0.15, -0.1) is 0 Å². The summed E-state index contributed by atoms with van der Waals surface area (Å²) in [6.45, 7) is -0.0423. The van der Waals surface area contributed by atoms with E-state index in [-0.39, 0.29) is 12.3 Å². The van der Waals surface area contributed by atoms with E-state index in [1.807, 2.05) is 0 Å². The summed E-state index contributed by atoms with van der Waals surface area (Å²) in [7, 11) is 1.47. The van der Waals surface area contributed by atoms with E-state index in [1.54, 1.807) is 6.07 Å². The molecule has 0 aliphatic rings. The molecule has 0 aliphatic heterocycles. The van der Waals surface area contributed by atoms with Crippen LogP contribution in [0.1, 0.15) is 16.2 Å². The quantitative estimate of drug-likeness (QED) is 0.746. The Morgan fingerprint density at radius 1 is 1.42 bits per heavy atom. The molecule has 2 heterocycles. The highest BCUT2D eigenvalue weighted by Gasteiger charge is 2.15. The Hall–Kier alpha value is -1.41. The standard InChI is InChI=1S/C11H8Br2N2O4/c1-17-9-3-7(19-15-9)5-18-11(16)10-8(13)2-6(12)4-14-10/h2-4H,5H2,1H3. The maximum atomic E-state index is 11.8. The zero-order valence-electron chi connectivity index (χ0n) is 9.72. The number of nitrogens with zero attached hydrogens (tertiary/aromatic N) is 2. The number of esters is 1. The molecule has 0 saturated heterocycles. The predicted octanol–water partition coefficient (Wildman–Crippen LogP) is 2.96. The molecule has 0 amide bonds. The van der Waals surface area contributed by atoms with Crippen LogP contribution in [0.4, 0.5) is 0 Å². The Morgan fingerprint density at radius 2 is 2.21 bits per heavy atom. The first-order valence-electron chi connectivity index (χ1n) is 5.08. The number of methoxy groups -OCH3 is 1. The highest BCUT2D eigenvalue weighted by atomic mass is 79.9. The van der Waals surface area contributed by atoms with Gasteiger partial charge in [0.25, 0.3) is 5.88 Å². The highest BCUT2D eigenvalue weighted by molar-refractivity contribution is 9.11. The smallest absolute Gasteiger partial charge is 0.358 e. The van der Waals surface area contributed by atoms with Crippen LogP contribution >= 0.6 is 31.9 Å². The van der Waals surface area contributed by atoms with E-state index in [9.17, 15) is 4.79 Å². The predicted molar refractivity (Wildman–Crippen MR) is 71.8 cm³/mol. The molecule has 0 atom stereocenters. The summed E-state index contributed by atoms with van der Waals surface area (Å²) in [6, 6.07) is 3.25. The first kappa shape index (κ1) is 14.0. The Kier molecular flexibility index (Phi) is 4.54. The minimum absolute atomic E-state index is 0.0423. The Balaban J connectivity index is 2.01. The van der Waals surface area contributed by atoms with Crippen molar-refractivity contribution in [3.05, 3.63) is 38.7 Å². The number of hydrogen-bond acceptors (Lipinski definition) is 6. The minimum Gasteiger partial charge on any atom is -0.479 e. The topological polar surface area (TPSA) is 74.5 Å². The van der Waals surface area contributed by atoms with Gasteiger partial charge in [0, 0.05) is 16.7 Å². The molecule has 2 aromatic rings. The minimum atomic E-state index is -0.560. The molecule has 0 aromatic carbocycles. The number of rotatable bonds is 4. The lowest BCUT2D eigenvalue weighted by molar-refractivity contribution is 0.0429. The van der Waals surface area contributed by atoms with Crippen LogP contribution in [0.25, 0.3) is 0 Å². The third-order valence-electron chi connectivity index (χ3n) is 2.09. The number of aromatic nitrogens is 2. The Bertz CT molecular complexity index is 600. The molecule has 2 rings (SSSR count). The van der Waals surface area contributed by atoms with Gasteiger partial charge in [-0.05, 0) is 43.1 Å². The number of hydrogen-bond donors (Lipinski definition) is 0. The summed E-state index contributed by atoms with van der Waals surface area (Å²) in [5, 5.41) is 3.59. The average molecular weight is 392 g/mol. The maximum Gasteiger partial charge on any atom is 0.358 e. The van der Waals surface area contributed by atoms with Gasteiger partial charge in [-0.3, -0.25) is 0 Å². The molecule has 2 aromatic heterocycles. The summed E-state index contributed by atoms with van der Waals surface area (Å²) in [5.41, 5.74) is 0.190. The lowest BCUT2D eigenvalue weighted by Gasteiger charge is -2.03. The molecule has 0 aliphatic carbocycles. The zero-order chi connectivity index (χ0) is 13.8. The maximum absolute atomic E-state index is 11.8. The van der Waals surface area contributed by atoms with Crippen molar-refractivity contribution in [3.63, 3.8) is 0 Å². The molecular formula is C11H8Br2N2O4. The summed E-state index contributed by atoms with van der Waals surface area (Å²) < 4.78 is 16.1. The number of ether oxygens (including phenoxy) is 2. The van der Waals surface area contributed by atoms with E-state index in [2.05, 4.69) is 42.0 Å². The Morgan fingerprint density at radius 3 is 2.84 bits per heavy atom. The van der Waals surface area contributed by atoms with Crippen molar-refractivity contribution in [3.8, 4) is 5.88 Å². The van der Waals surface area contributed by atoms with Crippen molar-refractivity contribution in [2.45, 2.75) is 6.61 Å². The monoisotopic (exact) mass is 390 g/mol. The Labute approximate surface area is 125 Å². The van der Waals surface area contributed by atoms with Crippen LogP contribution in [-0.4, -0.2) is 23.2 Å². The third kappa shape index (κ3) is 3.54. The third-order valence-corrected chi connectivity index (χ3v) is 3.13. The van der Waals surface area contributed by atoms with Crippen LogP contribution < -0.4 is 4.74 Å². The van der Waals surface area contributed by atoms with Gasteiger partial charge in [0.2, 0.25) is 0 Å². The SMILES string of the molecule is COc1cc(COC(=O)c2ncc(Br)cc2Br)on1. The lowest BCUT2D eigenvalue weighted by atomic mass is 10.3. The average Bonchev–Trinajstić information content (AvgIpc) is 2.84. The van der Waals surface area contributed by atoms with Crippen molar-refractivity contribution < 1.29 is 18.8 Å². The van der Waals surface area contributed by atoms with E-state index in [4.69, 9.17) is 14.0 Å². The van der Waals surface area contributed by atoms with Gasteiger partial charge in [0.15, 0.2) is 18.1 Å². The van der Waals surface area contributed by atoms with E-state index < -0.39 is 5.97 Å². The van der Waals surface area contributed by atoms with Crippen LogP contribution in [-0.2, 0) is 11.3 Å². The molecule has 0 bridgehead atoms. The van der Waals surface area contributed by atoms with Crippen LogP contribution in [0, 0.1) is 0 Å². The van der Waals surface area contributed by atoms with Crippen molar-refractivity contribution >= 4 is 37.8 Å². The van der Waals surface area contributed by atoms with Gasteiger partial charge in [0.05, 0.1) is 11.6 Å². The van der Waals surface area contributed by atoms with Gasteiger partial charge in [-0.2, -0.15) is 0 Å². The summed E-state index contributed by atoms with van der Waals surface area (Å²) in [6.07, 6.45) is 1.51. The second-order valence-corrected chi connectivity index (χ2v) is 5.17. The number of halogens is 2. The van der Waals surface area contributed by atoms with E-state index in [1.165, 1.54) is 19.4 Å². The first-order valence-corrected chi connectivity index (χ1v) is 6.66. The second kappa shape index (κ2) is 6.16. The molecule has 0 N–H and O–H groups in total. The van der Waals surface area contributed by atoms with Crippen molar-refractivity contribution in [1.29, 1.82) is 0 Å². The van der Waals surface area contributed by atoms with E-state index >= 15 is 0 Å². The van der Waals surface area contributed by atoms with Crippen molar-refractivity contribution in [2.24, 2.45) is 0 Å². The molecule has 0 saturated carbocycles. The molecule has 100 valence electrons. The van der Waals surface area contributed by atoms with Gasteiger partial charge >= 0.3 is 5.97 Å². The summed E-state index contributed by atoms with van der Waals surface area (Å²) in [5.74, 6) is 0.155. The summed E-state index contributed by atoms with van der Waals surface area (Å²) in [4.78, 5) is 15.8. The molecule has 0 unspecified atom stereocenters. The molecule has 0 radical (unpaired) electrons.